The minimum atomic E-state index is -2.51. The van der Waals surface area contributed by atoms with Gasteiger partial charge in [0, 0.05) is 132 Å². The zero-order chi connectivity index (χ0) is 82.1. The van der Waals surface area contributed by atoms with Crippen molar-refractivity contribution in [1.29, 1.82) is 0 Å². The first-order chi connectivity index (χ1) is 57.9. The van der Waals surface area contributed by atoms with Crippen LogP contribution in [0.1, 0.15) is 44.3 Å². The van der Waals surface area contributed by atoms with Crippen molar-refractivity contribution in [3.8, 4) is 63.3 Å². The largest absolute Gasteiger partial charge is 0.419 e. The van der Waals surface area contributed by atoms with Crippen molar-refractivity contribution in [2.75, 3.05) is 0 Å². The third kappa shape index (κ3) is 8.51. The molecule has 0 amide bonds. The lowest BCUT2D eigenvalue weighted by atomic mass is 10.2. The topological polar surface area (TPSA) is 201 Å². The zero-order valence-electron chi connectivity index (χ0n) is 69.8. The highest BCUT2D eigenvalue weighted by atomic mass is 32.1. The van der Waals surface area contributed by atoms with Crippen LogP contribution in [0.25, 0.3) is 172 Å². The number of benzene rings is 1. The second-order valence-electron chi connectivity index (χ2n) is 27.2. The van der Waals surface area contributed by atoms with Crippen molar-refractivity contribution in [2.24, 2.45) is 49.0 Å². The molecule has 0 saturated heterocycles. The fraction of sp³-hybridized carbons (Fsp3) is 0.145. The number of para-hydroxylation sites is 1. The molecular weight excluding hydrogens is 1370 g/mol. The number of rotatable bonds is 1. The summed E-state index contributed by atoms with van der Waals surface area (Å²) in [7, 11) is 6.13. The van der Waals surface area contributed by atoms with Gasteiger partial charge in [0.05, 0.1) is 112 Å². The highest BCUT2D eigenvalue weighted by molar-refractivity contribution is 7.25. The van der Waals surface area contributed by atoms with E-state index in [1.807, 2.05) is 149 Å². The van der Waals surface area contributed by atoms with Crippen molar-refractivity contribution < 1.29 is 43.7 Å². The summed E-state index contributed by atoms with van der Waals surface area (Å²) in [5.74, 6) is 3.94. The Hall–Kier alpha value is -13.8. The van der Waals surface area contributed by atoms with Crippen LogP contribution in [0.4, 0.5) is 0 Å². The molecule has 0 unspecified atom stereocenters. The van der Waals surface area contributed by atoms with E-state index < -0.39 is 27.9 Å². The number of thiophene rings is 1. The van der Waals surface area contributed by atoms with Crippen molar-refractivity contribution in [3.05, 3.63) is 242 Å². The Morgan fingerprint density at radius 1 is 0.343 bits per heavy atom. The van der Waals surface area contributed by atoms with Crippen molar-refractivity contribution in [3.63, 3.8) is 0 Å². The van der Waals surface area contributed by atoms with Gasteiger partial charge in [-0.05, 0) is 66.7 Å². The summed E-state index contributed by atoms with van der Waals surface area (Å²) >= 11 is 1.83. The lowest BCUT2D eigenvalue weighted by molar-refractivity contribution is -0.652. The van der Waals surface area contributed by atoms with E-state index in [1.165, 1.54) is 68.0 Å². The fourth-order valence-corrected chi connectivity index (χ4v) is 18.3. The lowest BCUT2D eigenvalue weighted by Crippen LogP contribution is -2.33. The summed E-state index contributed by atoms with van der Waals surface area (Å²) in [6.45, 7) is -6.37. The van der Waals surface area contributed by atoms with Gasteiger partial charge in [-0.1, -0.05) is 59.9 Å². The molecule has 0 radical (unpaired) electrons. The Balaban J connectivity index is 0.0000000906. The van der Waals surface area contributed by atoms with Crippen LogP contribution in [0.15, 0.2) is 219 Å². The number of aryl methyl sites for hydroxylation is 7. The lowest BCUT2D eigenvalue weighted by Gasteiger charge is -2.03. The van der Waals surface area contributed by atoms with Crippen LogP contribution >= 0.6 is 11.3 Å². The summed E-state index contributed by atoms with van der Waals surface area (Å²) in [5, 5.41) is 4.41. The molecule has 0 N–H and O–H groups in total. The van der Waals surface area contributed by atoms with Gasteiger partial charge in [-0.25, -0.2) is 56.9 Å². The fourth-order valence-electron chi connectivity index (χ4n) is 17.1. The maximum atomic E-state index is 8.30. The van der Waals surface area contributed by atoms with Crippen molar-refractivity contribution in [2.45, 2.75) is 32.7 Å². The molecule has 1 aromatic carbocycles. The van der Waals surface area contributed by atoms with Gasteiger partial charge in [-0.3, -0.25) is 47.8 Å². The number of furan rings is 1. The summed E-state index contributed by atoms with van der Waals surface area (Å²) in [6.07, 6.45) is 26.1. The molecule has 0 aliphatic carbocycles. The van der Waals surface area contributed by atoms with Gasteiger partial charge in [0.2, 0.25) is 10.3 Å². The van der Waals surface area contributed by atoms with Gasteiger partial charge in [-0.2, -0.15) is 4.57 Å². The first-order valence-corrected chi connectivity index (χ1v) is 35.7. The minimum absolute atomic E-state index is 0.334. The van der Waals surface area contributed by atoms with E-state index in [2.05, 4.69) is 110 Å². The number of pyridine rings is 10. The second kappa shape index (κ2) is 23.1. The maximum absolute atomic E-state index is 8.30. The smallest absolute Gasteiger partial charge is 0.339 e. The highest BCUT2D eigenvalue weighted by Gasteiger charge is 2.42. The van der Waals surface area contributed by atoms with Crippen LogP contribution in [-0.2, 0) is 81.8 Å². The van der Waals surface area contributed by atoms with Gasteiger partial charge in [0.1, 0.15) is 58.0 Å². The molecule has 0 spiro atoms. The molecule has 26 rings (SSSR count). The van der Waals surface area contributed by atoms with Crippen molar-refractivity contribution >= 4 is 120 Å². The number of nitrogens with zero attached hydrogens (tertiary/aromatic N) is 23. The minimum Gasteiger partial charge on any atom is -0.419 e. The summed E-state index contributed by atoms with van der Waals surface area (Å²) in [5.41, 5.74) is 20.7. The summed E-state index contributed by atoms with van der Waals surface area (Å²) in [4.78, 5) is 44.8. The number of hydrogen-bond acceptors (Lipinski definition) is 12. The average Bonchev–Trinajstić information content (AvgIpc) is 1.50. The van der Waals surface area contributed by atoms with E-state index in [0.29, 0.717) is 75.9 Å². The highest BCUT2D eigenvalue weighted by Crippen LogP contribution is 2.41. The molecule has 0 atom stereocenters. The van der Waals surface area contributed by atoms with E-state index in [4.69, 9.17) is 20.9 Å². The van der Waals surface area contributed by atoms with Crippen LogP contribution in [0.5, 0.6) is 0 Å². The molecule has 20 aromatic heterocycles. The van der Waals surface area contributed by atoms with Crippen molar-refractivity contribution in [1.82, 2.24) is 86.4 Å². The van der Waals surface area contributed by atoms with Gasteiger partial charge in [0.25, 0.3) is 34.4 Å². The molecule has 21 aromatic rings. The molecule has 25 heteroatoms. The summed E-state index contributed by atoms with van der Waals surface area (Å²) in [6, 6.07) is 39.1. The van der Waals surface area contributed by atoms with E-state index in [9.17, 15) is 0 Å². The molecule has 0 fully saturated rings. The van der Waals surface area contributed by atoms with E-state index >= 15 is 0 Å². The molecule has 0 bridgehead atoms. The van der Waals surface area contributed by atoms with Gasteiger partial charge < -0.3 is 4.42 Å². The Morgan fingerprint density at radius 2 is 0.741 bits per heavy atom. The molecule has 520 valence electrons. The molecule has 24 nitrogen and oxygen atoms in total. The van der Waals surface area contributed by atoms with Gasteiger partial charge >= 0.3 is 17.4 Å². The molecule has 108 heavy (non-hydrogen) atoms. The molecule has 5 aliphatic rings. The van der Waals surface area contributed by atoms with Crippen LogP contribution in [-0.4, -0.2) is 86.4 Å². The number of fused-ring (bicyclic) bond motifs is 35. The van der Waals surface area contributed by atoms with E-state index in [0.717, 1.165) is 119 Å². The second-order valence-corrected chi connectivity index (χ2v) is 28.3. The summed E-state index contributed by atoms with van der Waals surface area (Å²) < 4.78 is 129. The van der Waals surface area contributed by atoms with Crippen LogP contribution in [0, 0.1) is 0 Å². The normalized spacial score (nSPS) is 15.1. The van der Waals surface area contributed by atoms with Gasteiger partial charge in [-0.15, -0.1) is 0 Å². The number of aromatic nitrogens is 23. The molecule has 25 heterocycles. The predicted molar refractivity (Wildman–Crippen MR) is 411 cm³/mol. The quantitative estimate of drug-likeness (QED) is 0.142. The SMILES string of the molecule is Cn1c2[n+](c3oc4ccncc4c31)Cc1cccnc1-2.Cn1c2[n+](c3sc4ccncc4c31)Cc1cccnc1-2.[2H]C([2H])([2H])n1c2[n+](c3c1c1cnccc1n3-c1ccccc1)Cc1cccnc1-2.[2H]C([2H])([2H])n1c2[n+](c3c1c1cnccc1n3C([2H])([2H])[2H])Cc1cccnc1-2.[2H]C([2H])([2H])n1c2[n+](c3c1c1cnccc1n3C)Cc1cccnc1-2. The third-order valence-corrected chi connectivity index (χ3v) is 22.8. The van der Waals surface area contributed by atoms with E-state index in [-0.39, 0.29) is 0 Å². The maximum Gasteiger partial charge on any atom is 0.339 e. The average molecular weight is 1450 g/mol. The van der Waals surface area contributed by atoms with Crippen LogP contribution in [0.3, 0.4) is 0 Å². The third-order valence-electron chi connectivity index (χ3n) is 21.6. The van der Waals surface area contributed by atoms with E-state index in [1.54, 1.807) is 66.3 Å². The number of hydrogen-bond donors (Lipinski definition) is 0. The van der Waals surface area contributed by atoms with Gasteiger partial charge in [0.15, 0.2) is 33.5 Å². The standard InChI is InChI=1S/C21H16N5.2C16H14N5.C15H11N4O.C15H11N4S/c1-24-19-16-12-22-11-9-17(16)26(15-7-3-2-4-8-15)21(19)25-13-14-6-5-10-23-18(14)20(24)25;2*1-19-12-5-7-17-8-11(12)14-16(19)21-9-10-4-3-6-18-13(10)15(21)20(14)2;2*1-18-13-10-7-16-6-4-11(10)20-15(13)19-8-9-3-2-5-17-12(9)14(18)19/h2-12H,13H2,1H3;2*3-8H,9H2,1-2H3;2*2-7H,8H2,1H3/q5*+1/i1D3;1D3,2D3;2D3;;. The monoisotopic (exact) mass is 1440 g/mol. The Bertz CT molecular complexity index is 7760. The first kappa shape index (κ1) is 50.6. The molecule has 5 aliphatic heterocycles. The zero-order valence-corrected chi connectivity index (χ0v) is 58.7. The first-order valence-electron chi connectivity index (χ1n) is 40.9. The van der Waals surface area contributed by atoms with Crippen LogP contribution in [0.2, 0.25) is 0 Å². The Kier molecular flexibility index (Phi) is 10.8. The molecular formula is C83H66N23OS+5. The number of imidazole rings is 5. The van der Waals surface area contributed by atoms with Crippen LogP contribution < -0.4 is 22.8 Å². The predicted octanol–water partition coefficient (Wildman–Crippen LogP) is 11.3. The Labute approximate surface area is 634 Å². The Morgan fingerprint density at radius 3 is 1.27 bits per heavy atom. The molecule has 0 saturated carbocycles.